The number of thiophene rings is 1. The quantitative estimate of drug-likeness (QED) is 0.642. The van der Waals surface area contributed by atoms with Crippen LogP contribution in [0, 0.1) is 0 Å². The fraction of sp³-hybridized carbons (Fsp3) is 0.522. The molecule has 7 nitrogen and oxygen atoms in total. The second-order valence-electron chi connectivity index (χ2n) is 8.37. The van der Waals surface area contributed by atoms with Crippen molar-refractivity contribution in [3.05, 3.63) is 40.6 Å². The Labute approximate surface area is 194 Å². The van der Waals surface area contributed by atoms with E-state index in [4.69, 9.17) is 4.74 Å². The van der Waals surface area contributed by atoms with Crippen LogP contribution < -0.4 is 15.0 Å². The highest BCUT2D eigenvalue weighted by Gasteiger charge is 2.33. The largest absolute Gasteiger partial charge is 0.497 e. The van der Waals surface area contributed by atoms with E-state index >= 15 is 0 Å². The average molecular weight is 478 g/mol. The summed E-state index contributed by atoms with van der Waals surface area (Å²) in [5.74, 6) is 0.514. The van der Waals surface area contributed by atoms with Gasteiger partial charge in [0.25, 0.3) is 5.91 Å². The van der Waals surface area contributed by atoms with Crippen LogP contribution in [0.15, 0.2) is 40.6 Å². The Morgan fingerprint density at radius 3 is 2.47 bits per heavy atom. The van der Waals surface area contributed by atoms with Gasteiger partial charge in [-0.05, 0) is 36.4 Å². The number of ether oxygens (including phenoxy) is 1. The number of piperazine rings is 1. The number of nitrogens with zero attached hydrogens (tertiary/aromatic N) is 2. The molecule has 1 aromatic heterocycles. The first kappa shape index (κ1) is 23.1. The molecule has 0 radical (unpaired) electrons. The number of hydrogen-bond acceptors (Lipinski definition) is 6. The third-order valence-electron chi connectivity index (χ3n) is 6.30. The molecule has 0 spiro atoms. The van der Waals surface area contributed by atoms with Crippen LogP contribution >= 0.6 is 11.3 Å². The Hall–Kier alpha value is -2.10. The number of rotatable bonds is 6. The number of hydrogen-bond donors (Lipinski definition) is 1. The summed E-state index contributed by atoms with van der Waals surface area (Å²) < 4.78 is 33.5. The molecule has 1 aliphatic heterocycles. The van der Waals surface area contributed by atoms with Gasteiger partial charge in [0.05, 0.1) is 7.11 Å². The summed E-state index contributed by atoms with van der Waals surface area (Å²) in [4.78, 5) is 15.5. The van der Waals surface area contributed by atoms with Gasteiger partial charge < -0.3 is 15.0 Å². The van der Waals surface area contributed by atoms with E-state index in [0.29, 0.717) is 31.1 Å². The number of methoxy groups -OCH3 is 1. The van der Waals surface area contributed by atoms with Crippen molar-refractivity contribution in [2.24, 2.45) is 0 Å². The topological polar surface area (TPSA) is 79.0 Å². The maximum atomic E-state index is 13.4. The first-order valence-corrected chi connectivity index (χ1v) is 13.6. The molecule has 1 N–H and O–H groups in total. The fourth-order valence-electron chi connectivity index (χ4n) is 4.47. The van der Waals surface area contributed by atoms with Crippen molar-refractivity contribution in [1.29, 1.82) is 0 Å². The minimum atomic E-state index is -3.73. The van der Waals surface area contributed by atoms with Crippen LogP contribution in [0.1, 0.15) is 48.2 Å². The summed E-state index contributed by atoms with van der Waals surface area (Å²) in [6.45, 7) is 1.92. The molecule has 0 unspecified atom stereocenters. The number of nitrogens with one attached hydrogen (secondary N) is 1. The van der Waals surface area contributed by atoms with Crippen LogP contribution in [-0.4, -0.2) is 58.0 Å². The van der Waals surface area contributed by atoms with Gasteiger partial charge in [-0.2, -0.15) is 4.31 Å². The highest BCUT2D eigenvalue weighted by molar-refractivity contribution is 7.89. The van der Waals surface area contributed by atoms with E-state index in [1.165, 1.54) is 28.5 Å². The van der Waals surface area contributed by atoms with Crippen LogP contribution in [0.5, 0.6) is 5.75 Å². The molecule has 0 bridgehead atoms. The molecule has 1 amide bonds. The van der Waals surface area contributed by atoms with E-state index in [1.807, 2.05) is 24.3 Å². The van der Waals surface area contributed by atoms with Crippen LogP contribution in [-0.2, 0) is 10.0 Å². The molecular formula is C23H31N3O4S2. The van der Waals surface area contributed by atoms with Gasteiger partial charge in [-0.15, -0.1) is 11.3 Å². The summed E-state index contributed by atoms with van der Waals surface area (Å²) in [5.41, 5.74) is 1.01. The zero-order valence-electron chi connectivity index (χ0n) is 18.5. The molecule has 2 aliphatic rings. The molecule has 1 saturated carbocycles. The van der Waals surface area contributed by atoms with Gasteiger partial charge in [-0.25, -0.2) is 8.42 Å². The van der Waals surface area contributed by atoms with Crippen LogP contribution in [0.2, 0.25) is 0 Å². The van der Waals surface area contributed by atoms with Gasteiger partial charge in [-0.3, -0.25) is 4.79 Å². The lowest BCUT2D eigenvalue weighted by atomic mass is 10.1. The van der Waals surface area contributed by atoms with E-state index in [2.05, 4.69) is 10.2 Å². The molecule has 174 valence electrons. The lowest BCUT2D eigenvalue weighted by molar-refractivity contribution is 0.0934. The Bertz CT molecular complexity index is 1020. The molecule has 1 aliphatic carbocycles. The van der Waals surface area contributed by atoms with Crippen molar-refractivity contribution in [2.75, 3.05) is 38.2 Å². The molecule has 2 fully saturated rings. The maximum Gasteiger partial charge on any atom is 0.262 e. The number of benzene rings is 1. The van der Waals surface area contributed by atoms with Crippen molar-refractivity contribution >= 4 is 33.0 Å². The lowest BCUT2D eigenvalue weighted by Gasteiger charge is -2.35. The number of sulfonamides is 1. The monoisotopic (exact) mass is 477 g/mol. The van der Waals surface area contributed by atoms with E-state index in [-0.39, 0.29) is 16.8 Å². The number of carbonyl (C=O) groups excluding carboxylic acids is 1. The average Bonchev–Trinajstić information content (AvgIpc) is 3.19. The Morgan fingerprint density at radius 2 is 1.78 bits per heavy atom. The van der Waals surface area contributed by atoms with Crippen molar-refractivity contribution in [1.82, 2.24) is 9.62 Å². The van der Waals surface area contributed by atoms with E-state index < -0.39 is 10.0 Å². The Kier molecular flexibility index (Phi) is 7.37. The third kappa shape index (κ3) is 5.10. The van der Waals surface area contributed by atoms with Crippen molar-refractivity contribution in [3.63, 3.8) is 0 Å². The van der Waals surface area contributed by atoms with Crippen LogP contribution in [0.3, 0.4) is 0 Å². The first-order valence-electron chi connectivity index (χ1n) is 11.3. The van der Waals surface area contributed by atoms with Crippen molar-refractivity contribution < 1.29 is 17.9 Å². The number of carbonyl (C=O) groups is 1. The number of anilines is 1. The summed E-state index contributed by atoms with van der Waals surface area (Å²) >= 11 is 1.20. The molecule has 0 atom stereocenters. The predicted octanol–water partition coefficient (Wildman–Crippen LogP) is 3.72. The summed E-state index contributed by atoms with van der Waals surface area (Å²) in [5, 5.41) is 4.78. The third-order valence-corrected chi connectivity index (χ3v) is 9.28. The van der Waals surface area contributed by atoms with E-state index in [9.17, 15) is 13.2 Å². The predicted molar refractivity (Wildman–Crippen MR) is 127 cm³/mol. The lowest BCUT2D eigenvalue weighted by Crippen LogP contribution is -2.49. The van der Waals surface area contributed by atoms with E-state index in [1.54, 1.807) is 18.6 Å². The SMILES string of the molecule is COc1cccc(N2CCN(S(=O)(=O)c3ccsc3C(=O)NC3CCCCCC3)CC2)c1. The molecule has 1 aromatic carbocycles. The van der Waals surface area contributed by atoms with Gasteiger partial charge in [0, 0.05) is 44.0 Å². The van der Waals surface area contributed by atoms with Crippen molar-refractivity contribution in [3.8, 4) is 5.75 Å². The molecule has 2 heterocycles. The maximum absolute atomic E-state index is 13.4. The molecular weight excluding hydrogens is 446 g/mol. The minimum Gasteiger partial charge on any atom is -0.497 e. The summed E-state index contributed by atoms with van der Waals surface area (Å²) in [7, 11) is -2.10. The van der Waals surface area contributed by atoms with Gasteiger partial charge >= 0.3 is 0 Å². The summed E-state index contributed by atoms with van der Waals surface area (Å²) in [6, 6.07) is 9.48. The fourth-order valence-corrected chi connectivity index (χ4v) is 7.20. The summed E-state index contributed by atoms with van der Waals surface area (Å²) in [6.07, 6.45) is 6.55. The molecule has 4 rings (SSSR count). The molecule has 1 saturated heterocycles. The molecule has 32 heavy (non-hydrogen) atoms. The van der Waals surface area contributed by atoms with Gasteiger partial charge in [0.15, 0.2) is 0 Å². The molecule has 2 aromatic rings. The highest BCUT2D eigenvalue weighted by atomic mass is 32.2. The number of amides is 1. The molecule has 9 heteroatoms. The van der Waals surface area contributed by atoms with Gasteiger partial charge in [0.1, 0.15) is 15.5 Å². The van der Waals surface area contributed by atoms with Crippen LogP contribution in [0.25, 0.3) is 0 Å². The zero-order valence-corrected chi connectivity index (χ0v) is 20.1. The van der Waals surface area contributed by atoms with Crippen LogP contribution in [0.4, 0.5) is 5.69 Å². The van der Waals surface area contributed by atoms with Gasteiger partial charge in [0.2, 0.25) is 10.0 Å². The Balaban J connectivity index is 1.43. The first-order chi connectivity index (χ1) is 15.5. The normalized spacial score (nSPS) is 18.8. The second-order valence-corrected chi connectivity index (χ2v) is 11.2. The minimum absolute atomic E-state index is 0.128. The van der Waals surface area contributed by atoms with E-state index in [0.717, 1.165) is 37.1 Å². The van der Waals surface area contributed by atoms with Gasteiger partial charge in [-0.1, -0.05) is 31.7 Å². The second kappa shape index (κ2) is 10.2. The van der Waals surface area contributed by atoms with Crippen molar-refractivity contribution in [2.45, 2.75) is 49.5 Å². The highest BCUT2D eigenvalue weighted by Crippen LogP contribution is 2.28. The standard InChI is InChI=1S/C23H31N3O4S2/c1-30-20-10-6-9-19(17-20)25-12-14-26(15-13-25)32(28,29)21-11-16-31-22(21)23(27)24-18-7-4-2-3-5-8-18/h6,9-11,16-18H,2-5,7-8,12-15H2,1H3,(H,24,27). The Morgan fingerprint density at radius 1 is 1.06 bits per heavy atom. The zero-order chi connectivity index (χ0) is 22.6. The smallest absolute Gasteiger partial charge is 0.262 e.